The first-order valence-electron chi connectivity index (χ1n) is 9.55. The Morgan fingerprint density at radius 3 is 1.42 bits per heavy atom. The van der Waals surface area contributed by atoms with Gasteiger partial charge in [0.05, 0.1) is 0 Å². The number of rotatable bonds is 16. The molecule has 0 heterocycles. The van der Waals surface area contributed by atoms with Gasteiger partial charge in [0.2, 0.25) is 0 Å². The van der Waals surface area contributed by atoms with Crippen molar-refractivity contribution in [2.75, 3.05) is 0 Å². The summed E-state index contributed by atoms with van der Waals surface area (Å²) < 4.78 is 33.5. The third-order valence-electron chi connectivity index (χ3n) is 4.53. The Hall–Kier alpha value is 1.51. The molecule has 0 aliphatic rings. The molecule has 1 unspecified atom stereocenters. The Labute approximate surface area is 192 Å². The topological polar surface area (TPSA) is 77.4 Å². The van der Waals surface area contributed by atoms with Crippen LogP contribution in [-0.4, -0.2) is 23.0 Å². The second kappa shape index (κ2) is 16.7. The molecular formula is C18H37KO4S. The molecule has 140 valence electrons. The van der Waals surface area contributed by atoms with Crippen molar-refractivity contribution in [1.82, 2.24) is 0 Å². The van der Waals surface area contributed by atoms with E-state index in [2.05, 4.69) is 6.92 Å². The molecule has 0 saturated heterocycles. The second-order valence-corrected chi connectivity index (χ2v) is 8.46. The van der Waals surface area contributed by atoms with E-state index in [1.165, 1.54) is 51.4 Å². The van der Waals surface area contributed by atoms with E-state index >= 15 is 0 Å². The zero-order chi connectivity index (χ0) is 17.6. The van der Waals surface area contributed by atoms with E-state index in [1.807, 2.05) is 0 Å². The van der Waals surface area contributed by atoms with Gasteiger partial charge >= 0.3 is 51.4 Å². The fourth-order valence-electron chi connectivity index (χ4n) is 3.01. The standard InChI is InChI=1S/C18H38O4S.K/c1-3-5-6-7-8-9-10-11-12-13-14-15-17-18(19,16-4-2)23(20,21)22;/h19H,3-17H2,1-2H3,(H,20,21,22);/q;+1/p-1. The predicted octanol–water partition coefficient (Wildman–Crippen LogP) is 2.12. The summed E-state index contributed by atoms with van der Waals surface area (Å²) in [7, 11) is -4.64. The van der Waals surface area contributed by atoms with Crippen LogP contribution in [0.5, 0.6) is 0 Å². The third kappa shape index (κ3) is 13.7. The summed E-state index contributed by atoms with van der Waals surface area (Å²) in [5.41, 5.74) is 0. The monoisotopic (exact) mass is 388 g/mol. The van der Waals surface area contributed by atoms with Crippen molar-refractivity contribution in [3.8, 4) is 0 Å². The first kappa shape index (κ1) is 27.7. The number of hydrogen-bond acceptors (Lipinski definition) is 4. The first-order chi connectivity index (χ1) is 10.9. The van der Waals surface area contributed by atoms with Crippen molar-refractivity contribution in [3.05, 3.63) is 0 Å². The molecule has 0 aliphatic heterocycles. The maximum atomic E-state index is 11.2. The summed E-state index contributed by atoms with van der Waals surface area (Å²) in [4.78, 5) is -2.06. The van der Waals surface area contributed by atoms with Gasteiger partial charge in [-0.1, -0.05) is 90.9 Å². The minimum atomic E-state index is -4.64. The van der Waals surface area contributed by atoms with E-state index in [9.17, 15) is 18.1 Å². The Balaban J connectivity index is 0. The van der Waals surface area contributed by atoms with E-state index in [0.717, 1.165) is 19.3 Å². The van der Waals surface area contributed by atoms with Crippen LogP contribution in [0.15, 0.2) is 0 Å². The van der Waals surface area contributed by atoms with E-state index < -0.39 is 15.1 Å². The van der Waals surface area contributed by atoms with Crippen molar-refractivity contribution < 1.29 is 69.5 Å². The number of hydrogen-bond donors (Lipinski definition) is 1. The van der Waals surface area contributed by atoms with Gasteiger partial charge in [-0.2, -0.15) is 0 Å². The maximum Gasteiger partial charge on any atom is 1.00 e. The zero-order valence-corrected chi connectivity index (χ0v) is 20.1. The van der Waals surface area contributed by atoms with Crippen LogP contribution in [0.3, 0.4) is 0 Å². The summed E-state index contributed by atoms with van der Waals surface area (Å²) in [6.07, 6.45) is 14.8. The van der Waals surface area contributed by atoms with Gasteiger partial charge < -0.3 is 9.66 Å². The summed E-state index contributed by atoms with van der Waals surface area (Å²) in [6.45, 7) is 4.01. The molecule has 0 rings (SSSR count). The molecule has 0 aromatic carbocycles. The van der Waals surface area contributed by atoms with Crippen molar-refractivity contribution in [1.29, 1.82) is 0 Å². The van der Waals surface area contributed by atoms with Gasteiger partial charge in [0.15, 0.2) is 4.93 Å². The smallest absolute Gasteiger partial charge is 0.746 e. The molecule has 24 heavy (non-hydrogen) atoms. The fraction of sp³-hybridized carbons (Fsp3) is 1.00. The fourth-order valence-corrected chi connectivity index (χ4v) is 3.86. The Kier molecular flexibility index (Phi) is 19.2. The minimum Gasteiger partial charge on any atom is -0.746 e. The molecular weight excluding hydrogens is 351 g/mol. The van der Waals surface area contributed by atoms with Crippen molar-refractivity contribution in [2.24, 2.45) is 0 Å². The summed E-state index contributed by atoms with van der Waals surface area (Å²) in [6, 6.07) is 0. The number of unbranched alkanes of at least 4 members (excludes halogenated alkanes) is 11. The molecule has 6 heteroatoms. The van der Waals surface area contributed by atoms with Crippen LogP contribution in [0, 0.1) is 0 Å². The largest absolute Gasteiger partial charge is 1.00 e. The molecule has 1 atom stereocenters. The molecule has 0 amide bonds. The Morgan fingerprint density at radius 1 is 0.708 bits per heavy atom. The molecule has 0 aliphatic carbocycles. The molecule has 4 nitrogen and oxygen atoms in total. The summed E-state index contributed by atoms with van der Waals surface area (Å²) in [5.74, 6) is 0. The minimum absolute atomic E-state index is 0. The predicted molar refractivity (Wildman–Crippen MR) is 95.3 cm³/mol. The van der Waals surface area contributed by atoms with Crippen molar-refractivity contribution >= 4 is 10.1 Å². The normalized spacial score (nSPS) is 14.2. The summed E-state index contributed by atoms with van der Waals surface area (Å²) >= 11 is 0. The van der Waals surface area contributed by atoms with Gasteiger partial charge in [-0.3, -0.25) is 0 Å². The second-order valence-electron chi connectivity index (χ2n) is 6.79. The van der Waals surface area contributed by atoms with Crippen LogP contribution < -0.4 is 51.4 Å². The van der Waals surface area contributed by atoms with E-state index in [4.69, 9.17) is 0 Å². The molecule has 0 aromatic heterocycles. The molecule has 0 radical (unpaired) electrons. The summed E-state index contributed by atoms with van der Waals surface area (Å²) in [5, 5.41) is 10.0. The van der Waals surface area contributed by atoms with Gasteiger partial charge in [0.1, 0.15) is 10.1 Å². The van der Waals surface area contributed by atoms with E-state index in [1.54, 1.807) is 6.92 Å². The number of aliphatic hydroxyl groups is 1. The van der Waals surface area contributed by atoms with Crippen LogP contribution in [0.1, 0.15) is 110 Å². The van der Waals surface area contributed by atoms with Crippen LogP contribution in [0.2, 0.25) is 0 Å². The van der Waals surface area contributed by atoms with Crippen LogP contribution in [-0.2, 0) is 10.1 Å². The molecule has 0 spiro atoms. The quantitative estimate of drug-likeness (QED) is 0.250. The average molecular weight is 389 g/mol. The SMILES string of the molecule is CCCCCCCCCCCCCCC(O)(CCC)S(=O)(=O)[O-].[K+]. The van der Waals surface area contributed by atoms with Gasteiger partial charge in [-0.15, -0.1) is 0 Å². The van der Waals surface area contributed by atoms with E-state index in [-0.39, 0.29) is 64.2 Å². The van der Waals surface area contributed by atoms with Crippen LogP contribution in [0.4, 0.5) is 0 Å². The van der Waals surface area contributed by atoms with Gasteiger partial charge in [0, 0.05) is 0 Å². The van der Waals surface area contributed by atoms with Crippen molar-refractivity contribution in [3.63, 3.8) is 0 Å². The first-order valence-corrected chi connectivity index (χ1v) is 11.0. The Morgan fingerprint density at radius 2 is 1.08 bits per heavy atom. The molecule has 0 aromatic rings. The third-order valence-corrected chi connectivity index (χ3v) is 5.87. The van der Waals surface area contributed by atoms with E-state index in [0.29, 0.717) is 12.8 Å². The Bertz CT molecular complexity index is 373. The van der Waals surface area contributed by atoms with Crippen LogP contribution >= 0.6 is 0 Å². The van der Waals surface area contributed by atoms with Crippen molar-refractivity contribution in [2.45, 2.75) is 115 Å². The zero-order valence-electron chi connectivity index (χ0n) is 16.2. The van der Waals surface area contributed by atoms with Gasteiger partial charge in [-0.05, 0) is 19.3 Å². The molecule has 0 bridgehead atoms. The van der Waals surface area contributed by atoms with Crippen LogP contribution in [0.25, 0.3) is 0 Å². The average Bonchev–Trinajstić information content (AvgIpc) is 2.47. The van der Waals surface area contributed by atoms with Gasteiger partial charge in [-0.25, -0.2) is 8.42 Å². The maximum absolute atomic E-state index is 11.2. The molecule has 0 fully saturated rings. The molecule has 1 N–H and O–H groups in total. The molecule has 0 saturated carbocycles. The van der Waals surface area contributed by atoms with Gasteiger partial charge in [0.25, 0.3) is 0 Å².